The first-order valence-corrected chi connectivity index (χ1v) is 12.0. The molecule has 2 aromatic heterocycles. The van der Waals surface area contributed by atoms with Gasteiger partial charge < -0.3 is 14.8 Å². The van der Waals surface area contributed by atoms with Crippen LogP contribution in [0.1, 0.15) is 48.2 Å². The second-order valence-corrected chi connectivity index (χ2v) is 9.24. The van der Waals surface area contributed by atoms with Gasteiger partial charge in [0.1, 0.15) is 6.54 Å². The quantitative estimate of drug-likeness (QED) is 0.536. The van der Waals surface area contributed by atoms with Crippen molar-refractivity contribution in [2.24, 2.45) is 0 Å². The minimum atomic E-state index is -0.209. The number of piperidine rings is 1. The zero-order valence-corrected chi connectivity index (χ0v) is 20.1. The predicted octanol–water partition coefficient (Wildman–Crippen LogP) is 3.16. The summed E-state index contributed by atoms with van der Waals surface area (Å²) >= 11 is 0. The molecule has 0 bridgehead atoms. The fourth-order valence-electron chi connectivity index (χ4n) is 4.78. The van der Waals surface area contributed by atoms with Crippen molar-refractivity contribution in [3.05, 3.63) is 63.3 Å². The molecular weight excluding hydrogens is 414 g/mol. The van der Waals surface area contributed by atoms with E-state index in [0.717, 1.165) is 42.8 Å². The van der Waals surface area contributed by atoms with Gasteiger partial charge >= 0.3 is 0 Å². The maximum absolute atomic E-state index is 13.2. The minimum absolute atomic E-state index is 0.0554. The summed E-state index contributed by atoms with van der Waals surface area (Å²) < 4.78 is 3.44. The molecule has 1 aliphatic rings. The van der Waals surface area contributed by atoms with E-state index in [1.54, 1.807) is 6.20 Å². The van der Waals surface area contributed by atoms with E-state index < -0.39 is 0 Å². The number of carbonyl (C=O) groups is 1. The molecular formula is C26H35N5O2. The molecule has 0 radical (unpaired) electrons. The smallest absolute Gasteiger partial charge is 0.276 e. The zero-order chi connectivity index (χ0) is 23.4. The van der Waals surface area contributed by atoms with Gasteiger partial charge in [-0.2, -0.15) is 5.10 Å². The molecule has 1 saturated heterocycles. The second-order valence-electron chi connectivity index (χ2n) is 9.24. The summed E-state index contributed by atoms with van der Waals surface area (Å²) in [5.41, 5.74) is 4.12. The van der Waals surface area contributed by atoms with Crippen molar-refractivity contribution in [2.75, 3.05) is 26.2 Å². The van der Waals surface area contributed by atoms with Gasteiger partial charge in [-0.15, -0.1) is 0 Å². The highest BCUT2D eigenvalue weighted by Gasteiger charge is 2.17. The summed E-state index contributed by atoms with van der Waals surface area (Å²) in [5.74, 6) is -0.170. The van der Waals surface area contributed by atoms with Crippen LogP contribution in [-0.4, -0.2) is 51.3 Å². The Morgan fingerprint density at radius 2 is 1.76 bits per heavy atom. The fourth-order valence-corrected chi connectivity index (χ4v) is 4.78. The van der Waals surface area contributed by atoms with Crippen LogP contribution in [-0.2, 0) is 17.9 Å². The third kappa shape index (κ3) is 5.36. The number of rotatable bonds is 8. The van der Waals surface area contributed by atoms with Crippen molar-refractivity contribution in [3.8, 4) is 0 Å². The summed E-state index contributed by atoms with van der Waals surface area (Å²) in [6.45, 7) is 10.7. The Balaban J connectivity index is 1.42. The van der Waals surface area contributed by atoms with Crippen molar-refractivity contribution in [1.82, 2.24) is 24.6 Å². The first kappa shape index (κ1) is 23.2. The molecule has 1 aliphatic heterocycles. The van der Waals surface area contributed by atoms with Crippen molar-refractivity contribution in [1.29, 1.82) is 0 Å². The van der Waals surface area contributed by atoms with E-state index in [2.05, 4.69) is 51.1 Å². The number of nitrogens with one attached hydrogen (secondary N) is 1. The summed E-state index contributed by atoms with van der Waals surface area (Å²) in [7, 11) is 0. The molecule has 7 heteroatoms. The monoisotopic (exact) mass is 449 g/mol. The van der Waals surface area contributed by atoms with Gasteiger partial charge in [0.15, 0.2) is 0 Å². The lowest BCUT2D eigenvalue weighted by atomic mass is 10.1. The lowest BCUT2D eigenvalue weighted by Crippen LogP contribution is -2.36. The van der Waals surface area contributed by atoms with Crippen molar-refractivity contribution in [3.63, 3.8) is 0 Å². The molecule has 1 N–H and O–H groups in total. The normalized spacial score (nSPS) is 14.6. The van der Waals surface area contributed by atoms with Gasteiger partial charge in [0.25, 0.3) is 5.56 Å². The first-order valence-electron chi connectivity index (χ1n) is 12.0. The van der Waals surface area contributed by atoms with E-state index in [1.165, 1.54) is 35.1 Å². The van der Waals surface area contributed by atoms with Crippen LogP contribution in [0.2, 0.25) is 0 Å². The van der Waals surface area contributed by atoms with Crippen LogP contribution >= 0.6 is 0 Å². The van der Waals surface area contributed by atoms with E-state index in [-0.39, 0.29) is 18.0 Å². The number of carbonyl (C=O) groups excluding carboxylic acids is 1. The zero-order valence-electron chi connectivity index (χ0n) is 20.1. The lowest BCUT2D eigenvalue weighted by Gasteiger charge is -2.26. The van der Waals surface area contributed by atoms with Crippen LogP contribution in [0, 0.1) is 20.8 Å². The Hall–Kier alpha value is -2.93. The molecule has 0 spiro atoms. The van der Waals surface area contributed by atoms with E-state index in [9.17, 15) is 9.59 Å². The van der Waals surface area contributed by atoms with Gasteiger partial charge in [0, 0.05) is 29.9 Å². The molecule has 0 saturated carbocycles. The van der Waals surface area contributed by atoms with Gasteiger partial charge in [0.05, 0.1) is 11.6 Å². The average molecular weight is 450 g/mol. The van der Waals surface area contributed by atoms with Crippen LogP contribution in [0.4, 0.5) is 0 Å². The number of amides is 1. The predicted molar refractivity (Wildman–Crippen MR) is 132 cm³/mol. The number of hydrogen-bond acceptors (Lipinski definition) is 4. The third-order valence-corrected chi connectivity index (χ3v) is 6.78. The largest absolute Gasteiger partial charge is 0.354 e. The summed E-state index contributed by atoms with van der Waals surface area (Å²) in [6, 6.07) is 8.43. The second kappa shape index (κ2) is 10.3. The maximum Gasteiger partial charge on any atom is 0.276 e. The number of aromatic nitrogens is 3. The highest BCUT2D eigenvalue weighted by molar-refractivity contribution is 5.87. The number of benzene rings is 1. The number of fused-ring (bicyclic) bond motifs is 1. The van der Waals surface area contributed by atoms with Crippen LogP contribution in [0.25, 0.3) is 10.8 Å². The Labute approximate surface area is 195 Å². The minimum Gasteiger partial charge on any atom is -0.354 e. The van der Waals surface area contributed by atoms with E-state index in [1.807, 2.05) is 13.8 Å². The van der Waals surface area contributed by atoms with Crippen molar-refractivity contribution >= 4 is 16.7 Å². The van der Waals surface area contributed by atoms with E-state index in [4.69, 9.17) is 0 Å². The molecule has 3 heterocycles. The summed E-state index contributed by atoms with van der Waals surface area (Å²) in [4.78, 5) is 28.1. The van der Waals surface area contributed by atoms with Crippen LogP contribution in [0.5, 0.6) is 0 Å². The molecule has 1 aromatic carbocycles. The molecule has 0 atom stereocenters. The van der Waals surface area contributed by atoms with E-state index in [0.29, 0.717) is 18.5 Å². The van der Waals surface area contributed by atoms with Gasteiger partial charge in [-0.3, -0.25) is 9.59 Å². The Bertz CT molecular complexity index is 1170. The van der Waals surface area contributed by atoms with Crippen LogP contribution in [0.3, 0.4) is 0 Å². The lowest BCUT2D eigenvalue weighted by molar-refractivity contribution is -0.121. The van der Waals surface area contributed by atoms with E-state index >= 15 is 0 Å². The van der Waals surface area contributed by atoms with Crippen LogP contribution < -0.4 is 10.9 Å². The average Bonchev–Trinajstić information content (AvgIpc) is 3.05. The molecule has 0 aliphatic carbocycles. The Morgan fingerprint density at radius 3 is 2.48 bits per heavy atom. The standard InChI is InChI=1S/C26H35N5O2/c1-19-8-10-22(11-9-19)17-30-20(2)23-16-28-31(26(33)25(23)21(30)3)18-24(32)27-12-7-15-29-13-5-4-6-14-29/h8-11,16H,4-7,12-15,17-18H2,1-3H3,(H,27,32). The SMILES string of the molecule is Cc1ccc(Cn2c(C)c3cnn(CC(=O)NCCCN4CCCCC4)c(=O)c3c2C)cc1. The van der Waals surface area contributed by atoms with Crippen LogP contribution in [0.15, 0.2) is 35.3 Å². The van der Waals surface area contributed by atoms with Crippen molar-refractivity contribution < 1.29 is 4.79 Å². The fraction of sp³-hybridized carbons (Fsp3) is 0.500. The topological polar surface area (TPSA) is 72.2 Å². The van der Waals surface area contributed by atoms with Crippen molar-refractivity contribution in [2.45, 2.75) is 59.5 Å². The summed E-state index contributed by atoms with van der Waals surface area (Å²) in [6.07, 6.45) is 6.51. The third-order valence-electron chi connectivity index (χ3n) is 6.78. The number of aryl methyl sites for hydroxylation is 3. The molecule has 1 amide bonds. The van der Waals surface area contributed by atoms with Gasteiger partial charge in [-0.25, -0.2) is 4.68 Å². The molecule has 3 aromatic rings. The molecule has 176 valence electrons. The molecule has 1 fully saturated rings. The maximum atomic E-state index is 13.2. The molecule has 7 nitrogen and oxygen atoms in total. The number of hydrogen-bond donors (Lipinski definition) is 1. The highest BCUT2D eigenvalue weighted by Crippen LogP contribution is 2.23. The summed E-state index contributed by atoms with van der Waals surface area (Å²) in [5, 5.41) is 8.74. The van der Waals surface area contributed by atoms with Gasteiger partial charge in [-0.05, 0) is 65.2 Å². The van der Waals surface area contributed by atoms with Gasteiger partial charge in [-0.1, -0.05) is 36.2 Å². The number of nitrogens with zero attached hydrogens (tertiary/aromatic N) is 4. The molecule has 0 unspecified atom stereocenters. The number of likely N-dealkylation sites (tertiary alicyclic amines) is 1. The highest BCUT2D eigenvalue weighted by atomic mass is 16.2. The first-order chi connectivity index (χ1) is 15.9. The Kier molecular flexibility index (Phi) is 7.28. The Morgan fingerprint density at radius 1 is 1.03 bits per heavy atom. The van der Waals surface area contributed by atoms with Gasteiger partial charge in [0.2, 0.25) is 5.91 Å². The molecule has 4 rings (SSSR count). The molecule has 33 heavy (non-hydrogen) atoms.